The molecular formula is C19H11F2N5. The summed E-state index contributed by atoms with van der Waals surface area (Å²) in [4.78, 5) is 8.22. The minimum absolute atomic E-state index is 0.154. The lowest BCUT2D eigenvalue weighted by Gasteiger charge is -2.00. The maximum absolute atomic E-state index is 14.0. The highest BCUT2D eigenvalue weighted by Crippen LogP contribution is 2.25. The number of fused-ring (bicyclic) bond motifs is 1. The van der Waals surface area contributed by atoms with E-state index in [-0.39, 0.29) is 11.3 Å². The van der Waals surface area contributed by atoms with Gasteiger partial charge in [0.25, 0.3) is 0 Å². The van der Waals surface area contributed by atoms with Crippen LogP contribution >= 0.6 is 0 Å². The van der Waals surface area contributed by atoms with Crippen molar-refractivity contribution in [3.8, 4) is 23.1 Å². The second-order valence-electron chi connectivity index (χ2n) is 5.51. The van der Waals surface area contributed by atoms with Crippen LogP contribution in [0.5, 0.6) is 0 Å². The van der Waals surface area contributed by atoms with E-state index in [2.05, 4.69) is 32.0 Å². The van der Waals surface area contributed by atoms with Crippen LogP contribution in [0.2, 0.25) is 0 Å². The van der Waals surface area contributed by atoms with Crippen molar-refractivity contribution < 1.29 is 8.78 Å². The molecule has 4 rings (SSSR count). The smallest absolute Gasteiger partial charge is 0.181 e. The van der Waals surface area contributed by atoms with Crippen molar-refractivity contribution in [2.75, 3.05) is 5.73 Å². The van der Waals surface area contributed by atoms with Gasteiger partial charge < -0.3 is 5.73 Å². The molecule has 3 aromatic heterocycles. The molecule has 0 bridgehead atoms. The van der Waals surface area contributed by atoms with Gasteiger partial charge in [0.15, 0.2) is 11.5 Å². The highest BCUT2D eigenvalue weighted by Gasteiger charge is 2.11. The quantitative estimate of drug-likeness (QED) is 0.409. The van der Waals surface area contributed by atoms with Gasteiger partial charge in [0.05, 0.1) is 16.9 Å². The van der Waals surface area contributed by atoms with Gasteiger partial charge >= 0.3 is 0 Å². The van der Waals surface area contributed by atoms with Crippen LogP contribution in [0.3, 0.4) is 0 Å². The number of pyridine rings is 2. The fraction of sp³-hybridized carbons (Fsp3) is 0. The van der Waals surface area contributed by atoms with Crippen molar-refractivity contribution in [3.05, 3.63) is 71.7 Å². The Kier molecular flexibility index (Phi) is 3.78. The Labute approximate surface area is 146 Å². The number of anilines is 1. The molecule has 0 fully saturated rings. The second-order valence-corrected chi connectivity index (χ2v) is 5.51. The third kappa shape index (κ3) is 2.74. The number of halogens is 2. The van der Waals surface area contributed by atoms with Gasteiger partial charge in [-0.2, -0.15) is 5.10 Å². The number of aromatic amines is 1. The zero-order valence-electron chi connectivity index (χ0n) is 13.3. The largest absolute Gasteiger partial charge is 0.396 e. The Morgan fingerprint density at radius 2 is 1.85 bits per heavy atom. The highest BCUT2D eigenvalue weighted by atomic mass is 19.1. The van der Waals surface area contributed by atoms with E-state index >= 15 is 0 Å². The van der Waals surface area contributed by atoms with E-state index in [0.717, 1.165) is 28.8 Å². The van der Waals surface area contributed by atoms with E-state index in [4.69, 9.17) is 5.73 Å². The molecule has 0 saturated carbocycles. The maximum atomic E-state index is 14.0. The van der Waals surface area contributed by atoms with Crippen molar-refractivity contribution >= 4 is 16.7 Å². The molecule has 0 unspecified atom stereocenters. The highest BCUT2D eigenvalue weighted by molar-refractivity contribution is 5.91. The number of rotatable bonds is 1. The third-order valence-corrected chi connectivity index (χ3v) is 3.83. The molecule has 3 N–H and O–H groups in total. The average molecular weight is 347 g/mol. The first kappa shape index (κ1) is 15.7. The van der Waals surface area contributed by atoms with E-state index in [0.29, 0.717) is 11.2 Å². The Hall–Kier alpha value is -3.79. The topological polar surface area (TPSA) is 80.5 Å². The van der Waals surface area contributed by atoms with Gasteiger partial charge in [0.2, 0.25) is 0 Å². The number of hydrogen-bond acceptors (Lipinski definition) is 4. The zero-order valence-corrected chi connectivity index (χ0v) is 13.3. The Morgan fingerprint density at radius 1 is 1.04 bits per heavy atom. The molecule has 0 amide bonds. The molecule has 0 aliphatic heterocycles. The van der Waals surface area contributed by atoms with Crippen LogP contribution in [0.25, 0.3) is 22.3 Å². The molecule has 3 heterocycles. The summed E-state index contributed by atoms with van der Waals surface area (Å²) in [6.07, 6.45) is 4.84. The number of aromatic nitrogens is 4. The molecule has 1 aromatic carbocycles. The summed E-state index contributed by atoms with van der Waals surface area (Å²) in [7, 11) is 0. The van der Waals surface area contributed by atoms with Gasteiger partial charge in [0.1, 0.15) is 5.82 Å². The molecule has 0 spiro atoms. The fourth-order valence-corrected chi connectivity index (χ4v) is 2.52. The van der Waals surface area contributed by atoms with Gasteiger partial charge in [-0.25, -0.2) is 13.8 Å². The van der Waals surface area contributed by atoms with E-state index in [1.807, 2.05) is 12.1 Å². The first-order chi connectivity index (χ1) is 12.6. The molecule has 0 radical (unpaired) electrons. The molecule has 4 aromatic rings. The van der Waals surface area contributed by atoms with Gasteiger partial charge in [0, 0.05) is 35.1 Å². The summed E-state index contributed by atoms with van der Waals surface area (Å²) < 4.78 is 27.7. The summed E-state index contributed by atoms with van der Waals surface area (Å²) in [5.74, 6) is 3.59. The van der Waals surface area contributed by atoms with Crippen molar-refractivity contribution in [1.29, 1.82) is 0 Å². The lowest BCUT2D eigenvalue weighted by atomic mass is 10.1. The normalized spacial score (nSPS) is 10.5. The molecule has 0 aliphatic carbocycles. The summed E-state index contributed by atoms with van der Waals surface area (Å²) in [6.45, 7) is 0. The number of nitrogens with two attached hydrogens (primary N) is 1. The van der Waals surface area contributed by atoms with E-state index in [1.165, 1.54) is 6.20 Å². The van der Waals surface area contributed by atoms with Crippen molar-refractivity contribution in [1.82, 2.24) is 20.2 Å². The van der Waals surface area contributed by atoms with Crippen molar-refractivity contribution in [2.45, 2.75) is 0 Å². The predicted molar refractivity (Wildman–Crippen MR) is 93.9 cm³/mol. The van der Waals surface area contributed by atoms with Gasteiger partial charge in [-0.15, -0.1) is 0 Å². The van der Waals surface area contributed by atoms with Crippen LogP contribution in [0.15, 0.2) is 48.9 Å². The number of nitrogens with zero attached hydrogens (tertiary/aromatic N) is 3. The molecule has 5 nitrogen and oxygen atoms in total. The molecule has 126 valence electrons. The van der Waals surface area contributed by atoms with Gasteiger partial charge in [-0.1, -0.05) is 11.8 Å². The summed E-state index contributed by atoms with van der Waals surface area (Å²) in [5, 5.41) is 7.83. The van der Waals surface area contributed by atoms with Crippen LogP contribution in [0.4, 0.5) is 14.5 Å². The Balaban J connectivity index is 1.80. The standard InChI is InChI=1S/C19H11F2N5/c20-15-3-4-16(22)17(21)13(15)2-1-11-9-14-18(12-5-7-23-8-6-12)25-26-19(14)24-10-11/h3-10H,22H2,(H,24,25,26). The molecule has 7 heteroatoms. The third-order valence-electron chi connectivity index (χ3n) is 3.83. The molecule has 26 heavy (non-hydrogen) atoms. The number of hydrogen-bond donors (Lipinski definition) is 2. The SMILES string of the molecule is Nc1ccc(F)c(C#Cc2cnc3n[nH]c(-c4ccncc4)c3c2)c1F. The van der Waals surface area contributed by atoms with E-state index < -0.39 is 11.6 Å². The van der Waals surface area contributed by atoms with Crippen LogP contribution in [-0.2, 0) is 0 Å². The summed E-state index contributed by atoms with van der Waals surface area (Å²) >= 11 is 0. The molecule has 0 aliphatic rings. The minimum Gasteiger partial charge on any atom is -0.396 e. The lowest BCUT2D eigenvalue weighted by Crippen LogP contribution is -1.97. The predicted octanol–water partition coefficient (Wildman–Crippen LogP) is 3.28. The number of benzene rings is 1. The number of nitrogens with one attached hydrogen (secondary N) is 1. The van der Waals surface area contributed by atoms with Gasteiger partial charge in [-0.05, 0) is 30.3 Å². The second kappa shape index (κ2) is 6.26. The zero-order chi connectivity index (χ0) is 18.1. The minimum atomic E-state index is -0.868. The average Bonchev–Trinajstić information content (AvgIpc) is 3.09. The fourth-order valence-electron chi connectivity index (χ4n) is 2.52. The van der Waals surface area contributed by atoms with Crippen molar-refractivity contribution in [3.63, 3.8) is 0 Å². The maximum Gasteiger partial charge on any atom is 0.181 e. The molecule has 0 saturated heterocycles. The summed E-state index contributed by atoms with van der Waals surface area (Å²) in [6, 6.07) is 7.68. The first-order valence-electron chi connectivity index (χ1n) is 7.63. The first-order valence-corrected chi connectivity index (χ1v) is 7.63. The number of nitrogen functional groups attached to an aromatic ring is 1. The Morgan fingerprint density at radius 3 is 2.65 bits per heavy atom. The molecular weight excluding hydrogens is 336 g/mol. The van der Waals surface area contributed by atoms with Crippen LogP contribution < -0.4 is 5.73 Å². The number of H-pyrrole nitrogens is 1. The van der Waals surface area contributed by atoms with Crippen LogP contribution in [-0.4, -0.2) is 20.2 Å². The van der Waals surface area contributed by atoms with E-state index in [9.17, 15) is 8.78 Å². The van der Waals surface area contributed by atoms with Crippen molar-refractivity contribution in [2.24, 2.45) is 0 Å². The summed E-state index contributed by atoms with van der Waals surface area (Å²) in [5.41, 5.74) is 7.61. The monoisotopic (exact) mass is 347 g/mol. The lowest BCUT2D eigenvalue weighted by molar-refractivity contribution is 0.580. The van der Waals surface area contributed by atoms with Crippen LogP contribution in [0.1, 0.15) is 11.1 Å². The van der Waals surface area contributed by atoms with Crippen LogP contribution in [0, 0.1) is 23.5 Å². The Bertz CT molecular complexity index is 1170. The van der Waals surface area contributed by atoms with Gasteiger partial charge in [-0.3, -0.25) is 10.1 Å². The molecule has 0 atom stereocenters. The van der Waals surface area contributed by atoms with E-state index in [1.54, 1.807) is 18.5 Å².